The highest BCUT2D eigenvalue weighted by molar-refractivity contribution is 8.14. The van der Waals surface area contributed by atoms with E-state index in [0.29, 0.717) is 0 Å². The fraction of sp³-hybridized carbons (Fsp3) is 0.583. The molecule has 0 aromatic rings. The number of thioether (sulfide) groups is 2. The molecule has 0 saturated carbocycles. The van der Waals surface area contributed by atoms with Crippen LogP contribution in [0.3, 0.4) is 0 Å². The van der Waals surface area contributed by atoms with Crippen LogP contribution in [0.15, 0.2) is 23.3 Å². The Balaban J connectivity index is 1.99. The van der Waals surface area contributed by atoms with Gasteiger partial charge in [-0.25, -0.2) is 4.58 Å². The normalized spacial score (nSPS) is 24.4. The zero-order valence-corrected chi connectivity index (χ0v) is 11.6. The Hall–Kier alpha value is -0.350. The van der Waals surface area contributed by atoms with Crippen molar-refractivity contribution in [2.45, 2.75) is 6.92 Å². The topological polar surface area (TPSA) is 6.25 Å². The summed E-state index contributed by atoms with van der Waals surface area (Å²) in [7, 11) is 2.16. The van der Waals surface area contributed by atoms with Crippen LogP contribution < -0.4 is 0 Å². The number of rotatable bonds is 3. The van der Waals surface area contributed by atoms with E-state index in [-0.39, 0.29) is 0 Å². The molecule has 1 saturated heterocycles. The fourth-order valence-corrected chi connectivity index (χ4v) is 3.98. The maximum Gasteiger partial charge on any atom is 0.234 e. The van der Waals surface area contributed by atoms with Crippen LogP contribution in [0.5, 0.6) is 0 Å². The molecule has 0 amide bonds. The molecule has 2 aliphatic rings. The molecule has 0 radical (unpaired) electrons. The lowest BCUT2D eigenvalue weighted by molar-refractivity contribution is -0.513. The van der Waals surface area contributed by atoms with E-state index in [9.17, 15) is 0 Å². The van der Waals surface area contributed by atoms with Crippen molar-refractivity contribution in [3.63, 3.8) is 0 Å². The van der Waals surface area contributed by atoms with E-state index < -0.39 is 0 Å². The minimum atomic E-state index is 1.12. The number of nitrogens with zero attached hydrogens (tertiary/aromatic N) is 2. The van der Waals surface area contributed by atoms with Crippen molar-refractivity contribution in [3.8, 4) is 0 Å². The Morgan fingerprint density at radius 1 is 1.38 bits per heavy atom. The first kappa shape index (κ1) is 12.1. The van der Waals surface area contributed by atoms with Gasteiger partial charge in [0, 0.05) is 25.4 Å². The molecule has 4 heteroatoms. The molecule has 0 unspecified atom stereocenters. The van der Waals surface area contributed by atoms with E-state index in [0.717, 1.165) is 6.54 Å². The summed E-state index contributed by atoms with van der Waals surface area (Å²) >= 11 is 3.91. The Morgan fingerprint density at radius 2 is 2.25 bits per heavy atom. The van der Waals surface area contributed by atoms with Gasteiger partial charge in [-0.2, -0.15) is 0 Å². The second kappa shape index (κ2) is 5.82. The van der Waals surface area contributed by atoms with Gasteiger partial charge in [-0.1, -0.05) is 17.8 Å². The van der Waals surface area contributed by atoms with Crippen molar-refractivity contribution in [1.82, 2.24) is 4.90 Å². The predicted molar refractivity (Wildman–Crippen MR) is 75.4 cm³/mol. The van der Waals surface area contributed by atoms with Gasteiger partial charge >= 0.3 is 0 Å². The van der Waals surface area contributed by atoms with Crippen molar-refractivity contribution in [1.29, 1.82) is 0 Å². The molecule has 0 bridgehead atoms. The highest BCUT2D eigenvalue weighted by Crippen LogP contribution is 2.25. The molecule has 2 heterocycles. The number of allylic oxidation sites excluding steroid dienone is 2. The summed E-state index contributed by atoms with van der Waals surface area (Å²) < 4.78 is 2.44. The van der Waals surface area contributed by atoms with Crippen LogP contribution in [-0.4, -0.2) is 52.7 Å². The first-order valence-electron chi connectivity index (χ1n) is 5.78. The van der Waals surface area contributed by atoms with Crippen molar-refractivity contribution in [2.24, 2.45) is 0 Å². The summed E-state index contributed by atoms with van der Waals surface area (Å²) in [4.78, 5) is 2.32. The van der Waals surface area contributed by atoms with E-state index in [2.05, 4.69) is 41.7 Å². The van der Waals surface area contributed by atoms with Gasteiger partial charge < -0.3 is 4.90 Å². The van der Waals surface area contributed by atoms with E-state index in [1.54, 1.807) is 0 Å². The molecule has 16 heavy (non-hydrogen) atoms. The third kappa shape index (κ3) is 2.86. The molecule has 0 spiro atoms. The summed E-state index contributed by atoms with van der Waals surface area (Å²) in [6.45, 7) is 5.72. The van der Waals surface area contributed by atoms with Gasteiger partial charge in [0.1, 0.15) is 6.54 Å². The number of hydrogen-bond acceptors (Lipinski definition) is 3. The third-order valence-electron chi connectivity index (χ3n) is 2.84. The highest BCUT2D eigenvalue weighted by Gasteiger charge is 2.18. The van der Waals surface area contributed by atoms with Crippen LogP contribution in [-0.2, 0) is 0 Å². The third-order valence-corrected chi connectivity index (χ3v) is 5.04. The van der Waals surface area contributed by atoms with Gasteiger partial charge in [0.15, 0.2) is 6.54 Å². The van der Waals surface area contributed by atoms with Gasteiger partial charge in [0.05, 0.1) is 10.8 Å². The van der Waals surface area contributed by atoms with Gasteiger partial charge in [0.2, 0.25) is 5.04 Å². The minimum absolute atomic E-state index is 1.12. The molecule has 1 fully saturated rings. The van der Waals surface area contributed by atoms with Gasteiger partial charge in [-0.15, -0.1) is 11.8 Å². The summed E-state index contributed by atoms with van der Waals surface area (Å²) in [6.07, 6.45) is 6.68. The van der Waals surface area contributed by atoms with E-state index in [1.165, 1.54) is 34.7 Å². The second-order valence-corrected chi connectivity index (χ2v) is 6.13. The molecule has 0 N–H and O–H groups in total. The van der Waals surface area contributed by atoms with Crippen molar-refractivity contribution in [2.75, 3.05) is 38.2 Å². The molecular formula is C12H19N2S2+. The Morgan fingerprint density at radius 3 is 2.94 bits per heavy atom. The van der Waals surface area contributed by atoms with Gasteiger partial charge in [0.25, 0.3) is 0 Å². The Bertz CT molecular complexity index is 345. The average molecular weight is 255 g/mol. The first-order chi connectivity index (χ1) is 7.81. The quantitative estimate of drug-likeness (QED) is 0.714. The smallest absolute Gasteiger partial charge is 0.234 e. The first-order valence-corrected chi connectivity index (χ1v) is 7.75. The summed E-state index contributed by atoms with van der Waals surface area (Å²) in [5.74, 6) is 2.46. The van der Waals surface area contributed by atoms with Crippen LogP contribution in [0.4, 0.5) is 0 Å². The van der Waals surface area contributed by atoms with Crippen molar-refractivity contribution in [3.05, 3.63) is 23.3 Å². The van der Waals surface area contributed by atoms with Crippen LogP contribution >= 0.6 is 23.5 Å². The molecule has 2 aliphatic heterocycles. The number of hydrogen-bond donors (Lipinski definition) is 0. The molecule has 0 atom stereocenters. The van der Waals surface area contributed by atoms with Crippen molar-refractivity contribution < 1.29 is 4.58 Å². The molecule has 88 valence electrons. The zero-order valence-electron chi connectivity index (χ0n) is 9.98. The van der Waals surface area contributed by atoms with Crippen LogP contribution in [0, 0.1) is 0 Å². The zero-order chi connectivity index (χ0) is 11.4. The average Bonchev–Trinajstić information content (AvgIpc) is 2.88. The lowest BCUT2D eigenvalue weighted by Crippen LogP contribution is -2.12. The standard InChI is InChI=1S/C12H19N2S2/c1-3-14-8-10-16-12(14)6-4-5-11-13(2)7-9-15-11/h4-6H,3,7-10H2,1-2H3/q+1. The second-order valence-electron chi connectivity index (χ2n) is 3.90. The van der Waals surface area contributed by atoms with Crippen molar-refractivity contribution >= 4 is 28.6 Å². The Labute approximate surface area is 106 Å². The molecule has 0 aromatic carbocycles. The maximum absolute atomic E-state index is 2.44. The van der Waals surface area contributed by atoms with Crippen LogP contribution in [0.25, 0.3) is 0 Å². The highest BCUT2D eigenvalue weighted by atomic mass is 32.2. The lowest BCUT2D eigenvalue weighted by Gasteiger charge is -2.09. The van der Waals surface area contributed by atoms with Crippen LogP contribution in [0.1, 0.15) is 6.92 Å². The molecule has 0 aromatic heterocycles. The monoisotopic (exact) mass is 255 g/mol. The van der Waals surface area contributed by atoms with E-state index in [4.69, 9.17) is 0 Å². The Kier molecular flexibility index (Phi) is 4.41. The summed E-state index contributed by atoms with van der Waals surface area (Å²) in [6, 6.07) is 0. The lowest BCUT2D eigenvalue weighted by atomic mass is 10.4. The minimum Gasteiger partial charge on any atom is -0.369 e. The van der Waals surface area contributed by atoms with E-state index in [1.807, 2.05) is 23.5 Å². The molecular weight excluding hydrogens is 236 g/mol. The predicted octanol–water partition coefficient (Wildman–Crippen LogP) is 2.24. The largest absolute Gasteiger partial charge is 0.369 e. The van der Waals surface area contributed by atoms with Crippen LogP contribution in [0.2, 0.25) is 0 Å². The van der Waals surface area contributed by atoms with E-state index >= 15 is 0 Å². The summed E-state index contributed by atoms with van der Waals surface area (Å²) in [5, 5.41) is 2.81. The summed E-state index contributed by atoms with van der Waals surface area (Å²) in [5.41, 5.74) is 0. The maximum atomic E-state index is 2.44. The SMILES string of the molecule is CC[N+]1=C(/C=C/C=C2\SCCN2C)SCC1. The molecule has 0 aliphatic carbocycles. The molecule has 2 rings (SSSR count). The molecule has 2 nitrogen and oxygen atoms in total. The van der Waals surface area contributed by atoms with Gasteiger partial charge in [-0.3, -0.25) is 0 Å². The fourth-order valence-electron chi connectivity index (χ4n) is 1.82. The van der Waals surface area contributed by atoms with Gasteiger partial charge in [-0.05, 0) is 13.0 Å².